The molecule has 1 fully saturated rings. The summed E-state index contributed by atoms with van der Waals surface area (Å²) in [6.07, 6.45) is 1.05. The van der Waals surface area contributed by atoms with Crippen molar-refractivity contribution in [3.8, 4) is 0 Å². The fourth-order valence-electron chi connectivity index (χ4n) is 1.89. The lowest BCUT2D eigenvalue weighted by atomic mass is 9.88. The van der Waals surface area contributed by atoms with Crippen LogP contribution in [0.2, 0.25) is 0 Å². The lowest BCUT2D eigenvalue weighted by molar-refractivity contribution is -0.0924. The summed E-state index contributed by atoms with van der Waals surface area (Å²) in [6.45, 7) is 7.17. The van der Waals surface area contributed by atoms with Crippen LogP contribution in [0.1, 0.15) is 19.4 Å². The van der Waals surface area contributed by atoms with Crippen molar-refractivity contribution in [2.24, 2.45) is 5.41 Å². The van der Waals surface area contributed by atoms with E-state index in [4.69, 9.17) is 4.74 Å². The summed E-state index contributed by atoms with van der Waals surface area (Å²) < 4.78 is 6.40. The molecule has 2 rings (SSSR count). The average molecular weight is 284 g/mol. The van der Waals surface area contributed by atoms with Gasteiger partial charge in [-0.2, -0.15) is 0 Å². The molecule has 0 amide bonds. The molecule has 0 aliphatic carbocycles. The van der Waals surface area contributed by atoms with Crippen molar-refractivity contribution in [1.29, 1.82) is 0 Å². The van der Waals surface area contributed by atoms with Crippen LogP contribution < -0.4 is 5.32 Å². The highest BCUT2D eigenvalue weighted by Gasteiger charge is 2.32. The van der Waals surface area contributed by atoms with Crippen molar-refractivity contribution in [1.82, 2.24) is 0 Å². The molecule has 0 unspecified atom stereocenters. The predicted molar refractivity (Wildman–Crippen MR) is 70.9 cm³/mol. The van der Waals surface area contributed by atoms with Gasteiger partial charge >= 0.3 is 0 Å². The second kappa shape index (κ2) is 4.76. The summed E-state index contributed by atoms with van der Waals surface area (Å²) in [5.74, 6) is 0. The number of benzene rings is 1. The Morgan fingerprint density at radius 2 is 2.19 bits per heavy atom. The second-order valence-electron chi connectivity index (χ2n) is 4.81. The van der Waals surface area contributed by atoms with E-state index in [1.807, 2.05) is 0 Å². The highest BCUT2D eigenvalue weighted by atomic mass is 79.9. The van der Waals surface area contributed by atoms with E-state index in [2.05, 4.69) is 53.3 Å². The van der Waals surface area contributed by atoms with Gasteiger partial charge in [-0.1, -0.05) is 29.8 Å². The van der Waals surface area contributed by atoms with Gasteiger partial charge in [0.25, 0.3) is 0 Å². The molecule has 88 valence electrons. The first-order valence-electron chi connectivity index (χ1n) is 5.73. The maximum Gasteiger partial charge on any atom is 0.0559 e. The van der Waals surface area contributed by atoms with E-state index in [1.54, 1.807) is 0 Å². The van der Waals surface area contributed by atoms with Crippen molar-refractivity contribution in [3.05, 3.63) is 28.2 Å². The maximum absolute atomic E-state index is 5.25. The summed E-state index contributed by atoms with van der Waals surface area (Å²) in [4.78, 5) is 0. The van der Waals surface area contributed by atoms with E-state index < -0.39 is 0 Å². The van der Waals surface area contributed by atoms with E-state index in [9.17, 15) is 0 Å². The third kappa shape index (κ3) is 2.58. The quantitative estimate of drug-likeness (QED) is 0.914. The zero-order valence-electron chi connectivity index (χ0n) is 9.85. The van der Waals surface area contributed by atoms with E-state index in [-0.39, 0.29) is 0 Å². The first-order valence-corrected chi connectivity index (χ1v) is 6.52. The number of anilines is 1. The summed E-state index contributed by atoms with van der Waals surface area (Å²) in [6, 6.07) is 6.41. The molecule has 1 aliphatic rings. The van der Waals surface area contributed by atoms with Gasteiger partial charge in [-0.3, -0.25) is 0 Å². The van der Waals surface area contributed by atoms with Gasteiger partial charge in [-0.05, 0) is 30.2 Å². The molecule has 1 aromatic rings. The van der Waals surface area contributed by atoms with Gasteiger partial charge in [0, 0.05) is 22.1 Å². The molecule has 0 aromatic heterocycles. The van der Waals surface area contributed by atoms with Crippen LogP contribution in [-0.2, 0) is 11.2 Å². The molecule has 0 saturated carbocycles. The largest absolute Gasteiger partial charge is 0.384 e. The first-order chi connectivity index (χ1) is 7.63. The minimum Gasteiger partial charge on any atom is -0.384 e. The van der Waals surface area contributed by atoms with Crippen LogP contribution in [0.15, 0.2) is 22.7 Å². The molecule has 1 saturated heterocycles. The molecule has 16 heavy (non-hydrogen) atoms. The Bertz CT molecular complexity index is 374. The molecule has 3 heteroatoms. The lowest BCUT2D eigenvalue weighted by Crippen LogP contribution is -2.45. The number of nitrogens with one attached hydrogen (secondary N) is 1. The van der Waals surface area contributed by atoms with Crippen LogP contribution in [0, 0.1) is 5.41 Å². The first kappa shape index (κ1) is 11.9. The van der Waals surface area contributed by atoms with Gasteiger partial charge in [0.1, 0.15) is 0 Å². The Balaban J connectivity index is 2.03. The normalized spacial score (nSPS) is 17.9. The summed E-state index contributed by atoms with van der Waals surface area (Å²) in [7, 11) is 0. The summed E-state index contributed by atoms with van der Waals surface area (Å²) in [5, 5.41) is 3.53. The fourth-order valence-corrected chi connectivity index (χ4v) is 2.30. The van der Waals surface area contributed by atoms with Crippen molar-refractivity contribution < 1.29 is 4.74 Å². The summed E-state index contributed by atoms with van der Waals surface area (Å²) in [5.41, 5.74) is 2.93. The third-order valence-electron chi connectivity index (χ3n) is 3.05. The number of halogens is 1. The van der Waals surface area contributed by atoms with Crippen LogP contribution in [0.5, 0.6) is 0 Å². The Labute approximate surface area is 106 Å². The van der Waals surface area contributed by atoms with Gasteiger partial charge in [0.05, 0.1) is 13.2 Å². The zero-order chi connectivity index (χ0) is 11.6. The van der Waals surface area contributed by atoms with Gasteiger partial charge in [-0.25, -0.2) is 0 Å². The van der Waals surface area contributed by atoms with Crippen molar-refractivity contribution in [2.75, 3.05) is 25.1 Å². The Morgan fingerprint density at radius 3 is 2.75 bits per heavy atom. The van der Waals surface area contributed by atoms with Crippen molar-refractivity contribution in [3.63, 3.8) is 0 Å². The molecule has 1 aliphatic heterocycles. The van der Waals surface area contributed by atoms with Crippen LogP contribution in [0.25, 0.3) is 0 Å². The zero-order valence-corrected chi connectivity index (χ0v) is 11.4. The third-order valence-corrected chi connectivity index (χ3v) is 3.55. The van der Waals surface area contributed by atoms with Crippen LogP contribution in [0.3, 0.4) is 0 Å². The number of ether oxygens (including phenoxy) is 1. The Hall–Kier alpha value is -0.540. The van der Waals surface area contributed by atoms with E-state index >= 15 is 0 Å². The minimum absolute atomic E-state index is 0.318. The van der Waals surface area contributed by atoms with Gasteiger partial charge < -0.3 is 10.1 Å². The highest BCUT2D eigenvalue weighted by molar-refractivity contribution is 9.10. The predicted octanol–water partition coefficient (Wildman–Crippen LogP) is 3.46. The van der Waals surface area contributed by atoms with Crippen molar-refractivity contribution in [2.45, 2.75) is 20.3 Å². The number of hydrogen-bond donors (Lipinski definition) is 1. The van der Waals surface area contributed by atoms with Gasteiger partial charge in [0.15, 0.2) is 0 Å². The molecule has 0 atom stereocenters. The molecule has 2 nitrogen and oxygen atoms in total. The maximum atomic E-state index is 5.25. The SMILES string of the molecule is CCc1cc(Br)ccc1NCC1(C)COC1. The molecular weight excluding hydrogens is 266 g/mol. The molecule has 1 N–H and O–H groups in total. The standard InChI is InChI=1S/C13H18BrNO/c1-3-10-6-11(14)4-5-12(10)15-7-13(2)8-16-9-13/h4-6,15H,3,7-9H2,1-2H3. The van der Waals surface area contributed by atoms with Crippen LogP contribution in [0.4, 0.5) is 5.69 Å². The Kier molecular flexibility index (Phi) is 3.55. The van der Waals surface area contributed by atoms with Gasteiger partial charge in [0.2, 0.25) is 0 Å². The molecule has 1 aromatic carbocycles. The Morgan fingerprint density at radius 1 is 1.44 bits per heavy atom. The fraction of sp³-hybridized carbons (Fsp3) is 0.538. The van der Waals surface area contributed by atoms with Crippen LogP contribution >= 0.6 is 15.9 Å². The number of rotatable bonds is 4. The number of hydrogen-bond acceptors (Lipinski definition) is 2. The number of aryl methyl sites for hydroxylation is 1. The lowest BCUT2D eigenvalue weighted by Gasteiger charge is -2.38. The van der Waals surface area contributed by atoms with Crippen LogP contribution in [-0.4, -0.2) is 19.8 Å². The molecule has 0 bridgehead atoms. The van der Waals surface area contributed by atoms with E-state index in [0.29, 0.717) is 5.41 Å². The molecule has 0 spiro atoms. The van der Waals surface area contributed by atoms with Crippen molar-refractivity contribution >= 4 is 21.6 Å². The highest BCUT2D eigenvalue weighted by Crippen LogP contribution is 2.28. The topological polar surface area (TPSA) is 21.3 Å². The molecule has 1 heterocycles. The minimum atomic E-state index is 0.318. The smallest absolute Gasteiger partial charge is 0.0559 e. The second-order valence-corrected chi connectivity index (χ2v) is 5.73. The summed E-state index contributed by atoms with van der Waals surface area (Å²) >= 11 is 3.50. The molecular formula is C13H18BrNO. The van der Waals surface area contributed by atoms with E-state index in [1.165, 1.54) is 11.3 Å². The van der Waals surface area contributed by atoms with E-state index in [0.717, 1.165) is 30.7 Å². The molecule has 0 radical (unpaired) electrons. The average Bonchev–Trinajstić information content (AvgIpc) is 2.24. The van der Waals surface area contributed by atoms with Gasteiger partial charge in [-0.15, -0.1) is 0 Å². The monoisotopic (exact) mass is 283 g/mol.